The SMILES string of the molecule is [N-]=[N+]=NS(=O)(=O)CCCCCCS(=O)(=O)N=[N+]=[N-]. The molecule has 0 saturated carbocycles. The Labute approximate surface area is 104 Å². The van der Waals surface area contributed by atoms with Crippen LogP contribution in [-0.2, 0) is 20.0 Å². The van der Waals surface area contributed by atoms with E-state index in [4.69, 9.17) is 11.1 Å². The number of nitrogens with zero attached hydrogens (tertiary/aromatic N) is 6. The summed E-state index contributed by atoms with van der Waals surface area (Å²) in [5, 5.41) is 0. The summed E-state index contributed by atoms with van der Waals surface area (Å²) in [6, 6.07) is 0. The third kappa shape index (κ3) is 8.65. The maximum Gasteiger partial charge on any atom is 0.235 e. The molecule has 102 valence electrons. The molecule has 0 aromatic rings. The average Bonchev–Trinajstić information content (AvgIpc) is 2.22. The molecular weight excluding hydrogens is 284 g/mol. The first-order chi connectivity index (χ1) is 8.33. The van der Waals surface area contributed by atoms with Gasteiger partial charge in [-0.15, -0.1) is 0 Å². The highest BCUT2D eigenvalue weighted by atomic mass is 32.2. The van der Waals surface area contributed by atoms with Gasteiger partial charge in [0.15, 0.2) is 0 Å². The number of sulfonamides is 2. The molecule has 0 N–H and O–H groups in total. The monoisotopic (exact) mass is 296 g/mol. The van der Waals surface area contributed by atoms with Gasteiger partial charge < -0.3 is 0 Å². The smallest absolute Gasteiger partial charge is 0.221 e. The third-order valence-electron chi connectivity index (χ3n) is 1.88. The van der Waals surface area contributed by atoms with E-state index in [9.17, 15) is 16.8 Å². The standard InChI is InChI=1S/C6H12N6O4S2/c7-9-11-17(13,14)5-3-1-2-4-6-18(15,16)12-10-8/h1-6H2. The molecule has 0 aromatic carbocycles. The van der Waals surface area contributed by atoms with Crippen molar-refractivity contribution in [2.75, 3.05) is 11.5 Å². The first-order valence-electron chi connectivity index (χ1n) is 4.91. The predicted molar refractivity (Wildman–Crippen MR) is 64.3 cm³/mol. The Morgan fingerprint density at radius 2 is 1.06 bits per heavy atom. The Hall–Kier alpha value is -1.48. The van der Waals surface area contributed by atoms with E-state index in [2.05, 4.69) is 18.9 Å². The van der Waals surface area contributed by atoms with Crippen molar-refractivity contribution in [3.8, 4) is 0 Å². The van der Waals surface area contributed by atoms with Gasteiger partial charge in [0.1, 0.15) is 0 Å². The van der Waals surface area contributed by atoms with Crippen LogP contribution in [0.4, 0.5) is 0 Å². The van der Waals surface area contributed by atoms with Gasteiger partial charge in [0.25, 0.3) is 0 Å². The summed E-state index contributed by atoms with van der Waals surface area (Å²) in [4.78, 5) is 4.37. The first-order valence-corrected chi connectivity index (χ1v) is 8.13. The van der Waals surface area contributed by atoms with Gasteiger partial charge in [0.2, 0.25) is 20.0 Å². The quantitative estimate of drug-likeness (QED) is 0.274. The van der Waals surface area contributed by atoms with Gasteiger partial charge >= 0.3 is 0 Å². The Morgan fingerprint density at radius 1 is 0.722 bits per heavy atom. The molecule has 0 aromatic heterocycles. The van der Waals surface area contributed by atoms with Crippen LogP contribution in [0.1, 0.15) is 25.7 Å². The molecule has 0 fully saturated rings. The molecule has 0 atom stereocenters. The molecule has 0 unspecified atom stereocenters. The van der Waals surface area contributed by atoms with E-state index in [0.717, 1.165) is 0 Å². The zero-order valence-corrected chi connectivity index (χ0v) is 11.0. The van der Waals surface area contributed by atoms with Crippen molar-refractivity contribution < 1.29 is 16.8 Å². The molecule has 0 heterocycles. The van der Waals surface area contributed by atoms with E-state index < -0.39 is 20.0 Å². The van der Waals surface area contributed by atoms with Crippen LogP contribution in [0.2, 0.25) is 0 Å². The second kappa shape index (κ2) is 7.77. The lowest BCUT2D eigenvalue weighted by molar-refractivity contribution is 0.583. The second-order valence-corrected chi connectivity index (χ2v) is 6.80. The lowest BCUT2D eigenvalue weighted by Crippen LogP contribution is -2.03. The predicted octanol–water partition coefficient (Wildman–Crippen LogP) is 1.83. The van der Waals surface area contributed by atoms with Gasteiger partial charge in [0, 0.05) is 18.9 Å². The number of hydrogen-bond donors (Lipinski definition) is 0. The zero-order chi connectivity index (χ0) is 14.1. The highest BCUT2D eigenvalue weighted by Gasteiger charge is 2.08. The van der Waals surface area contributed by atoms with Crippen molar-refractivity contribution >= 4 is 20.0 Å². The maximum absolute atomic E-state index is 10.9. The first kappa shape index (κ1) is 16.5. The van der Waals surface area contributed by atoms with Crippen LogP contribution in [0.3, 0.4) is 0 Å². The molecule has 0 spiro atoms. The van der Waals surface area contributed by atoms with Crippen LogP contribution in [0.25, 0.3) is 20.9 Å². The van der Waals surface area contributed by atoms with E-state index >= 15 is 0 Å². The minimum Gasteiger partial charge on any atom is -0.221 e. The third-order valence-corrected chi connectivity index (χ3v) is 4.13. The molecule has 0 bridgehead atoms. The van der Waals surface area contributed by atoms with E-state index in [1.54, 1.807) is 0 Å². The number of rotatable bonds is 9. The van der Waals surface area contributed by atoms with Gasteiger partial charge in [-0.25, -0.2) is 16.8 Å². The van der Waals surface area contributed by atoms with Crippen molar-refractivity contribution in [3.05, 3.63) is 20.9 Å². The van der Waals surface area contributed by atoms with Crippen molar-refractivity contribution in [2.24, 2.45) is 9.04 Å². The normalized spacial score (nSPS) is 11.3. The maximum atomic E-state index is 10.9. The molecular formula is C6H12N6O4S2. The largest absolute Gasteiger partial charge is 0.235 e. The lowest BCUT2D eigenvalue weighted by Gasteiger charge is -1.99. The Kier molecular flexibility index (Phi) is 7.13. The number of hydrogen-bond acceptors (Lipinski definition) is 4. The molecule has 0 aliphatic heterocycles. The van der Waals surface area contributed by atoms with Gasteiger partial charge in [-0.2, -0.15) is 0 Å². The van der Waals surface area contributed by atoms with Crippen LogP contribution in [0.5, 0.6) is 0 Å². The van der Waals surface area contributed by atoms with Gasteiger partial charge in [-0.1, -0.05) is 12.8 Å². The minimum atomic E-state index is -3.73. The van der Waals surface area contributed by atoms with Crippen LogP contribution >= 0.6 is 0 Å². The topological polar surface area (TPSA) is 166 Å². The summed E-state index contributed by atoms with van der Waals surface area (Å²) in [5.74, 6) is -0.527. The minimum absolute atomic E-state index is 0.264. The molecule has 10 nitrogen and oxygen atoms in total. The number of azide groups is 2. The summed E-state index contributed by atoms with van der Waals surface area (Å²) >= 11 is 0. The van der Waals surface area contributed by atoms with E-state index in [-0.39, 0.29) is 24.3 Å². The second-order valence-electron chi connectivity index (χ2n) is 3.33. The molecule has 18 heavy (non-hydrogen) atoms. The van der Waals surface area contributed by atoms with E-state index in [1.807, 2.05) is 0 Å². The van der Waals surface area contributed by atoms with Gasteiger partial charge in [-0.05, 0) is 23.9 Å². The fourth-order valence-corrected chi connectivity index (χ4v) is 2.64. The van der Waals surface area contributed by atoms with Crippen LogP contribution in [0.15, 0.2) is 9.04 Å². The zero-order valence-electron chi connectivity index (χ0n) is 9.38. The van der Waals surface area contributed by atoms with E-state index in [1.165, 1.54) is 0 Å². The van der Waals surface area contributed by atoms with Crippen LogP contribution in [-0.4, -0.2) is 28.3 Å². The fourth-order valence-electron chi connectivity index (χ4n) is 1.12. The summed E-state index contributed by atoms with van der Waals surface area (Å²) in [6.07, 6.45) is 1.52. The molecule has 0 aliphatic rings. The molecule has 0 amide bonds. The van der Waals surface area contributed by atoms with Crippen molar-refractivity contribution in [1.29, 1.82) is 0 Å². The molecule has 12 heteroatoms. The highest BCUT2D eigenvalue weighted by Crippen LogP contribution is 2.06. The Morgan fingerprint density at radius 3 is 1.33 bits per heavy atom. The van der Waals surface area contributed by atoms with Crippen LogP contribution < -0.4 is 0 Å². The summed E-state index contributed by atoms with van der Waals surface area (Å²) in [6.45, 7) is 0. The molecule has 0 rings (SSSR count). The molecule has 0 saturated heterocycles. The highest BCUT2D eigenvalue weighted by molar-refractivity contribution is 7.90. The fraction of sp³-hybridized carbons (Fsp3) is 1.00. The van der Waals surface area contributed by atoms with Crippen molar-refractivity contribution in [3.63, 3.8) is 0 Å². The van der Waals surface area contributed by atoms with E-state index in [0.29, 0.717) is 12.8 Å². The molecule has 0 aliphatic carbocycles. The average molecular weight is 296 g/mol. The Bertz CT molecular complexity index is 503. The molecule has 0 radical (unpaired) electrons. The lowest BCUT2D eigenvalue weighted by atomic mass is 10.2. The summed E-state index contributed by atoms with van der Waals surface area (Å²) in [7, 11) is -7.46. The summed E-state index contributed by atoms with van der Waals surface area (Å²) < 4.78 is 49.0. The van der Waals surface area contributed by atoms with Gasteiger partial charge in [0.05, 0.1) is 11.5 Å². The summed E-state index contributed by atoms with van der Waals surface area (Å²) in [5.41, 5.74) is 15.9. The van der Waals surface area contributed by atoms with Crippen molar-refractivity contribution in [1.82, 2.24) is 0 Å². The Balaban J connectivity index is 3.84. The number of unbranched alkanes of at least 4 members (excludes halogenated alkanes) is 3. The van der Waals surface area contributed by atoms with Crippen molar-refractivity contribution in [2.45, 2.75) is 25.7 Å². The van der Waals surface area contributed by atoms with Crippen LogP contribution in [0, 0.1) is 0 Å². The van der Waals surface area contributed by atoms with Gasteiger partial charge in [-0.3, -0.25) is 0 Å².